The molecule has 0 atom stereocenters. The number of hydrogen-bond acceptors (Lipinski definition) is 6. The van der Waals surface area contributed by atoms with Crippen molar-refractivity contribution in [1.82, 2.24) is 25.0 Å². The van der Waals surface area contributed by atoms with Crippen molar-refractivity contribution in [2.45, 2.75) is 6.92 Å². The SMILES string of the molecule is Cc1ccc2nc(N3CCN(c4ccccc4)CC3)c3nnnn3c2c1. The molecule has 7 nitrogen and oxygen atoms in total. The van der Waals surface area contributed by atoms with Gasteiger partial charge in [-0.1, -0.05) is 24.3 Å². The summed E-state index contributed by atoms with van der Waals surface area (Å²) in [7, 11) is 0. The van der Waals surface area contributed by atoms with Gasteiger partial charge in [-0.2, -0.15) is 4.52 Å². The summed E-state index contributed by atoms with van der Waals surface area (Å²) in [6, 6.07) is 16.7. The van der Waals surface area contributed by atoms with Crippen LogP contribution in [-0.2, 0) is 0 Å². The second kappa shape index (κ2) is 5.94. The number of tetrazole rings is 1. The van der Waals surface area contributed by atoms with Crippen molar-refractivity contribution < 1.29 is 0 Å². The molecule has 0 radical (unpaired) electrons. The first kappa shape index (κ1) is 15.1. The highest BCUT2D eigenvalue weighted by atomic mass is 15.5. The lowest BCUT2D eigenvalue weighted by molar-refractivity contribution is 0.648. The molecule has 130 valence electrons. The lowest BCUT2D eigenvalue weighted by atomic mass is 10.2. The number of anilines is 2. The fraction of sp³-hybridized carbons (Fsp3) is 0.263. The largest absolute Gasteiger partial charge is 0.368 e. The number of hydrogen-bond donors (Lipinski definition) is 0. The van der Waals surface area contributed by atoms with Gasteiger partial charge in [0.1, 0.15) is 0 Å². The highest BCUT2D eigenvalue weighted by Gasteiger charge is 2.22. The lowest BCUT2D eigenvalue weighted by Crippen LogP contribution is -2.47. The van der Waals surface area contributed by atoms with E-state index in [1.807, 2.05) is 6.07 Å². The van der Waals surface area contributed by atoms with E-state index < -0.39 is 0 Å². The number of piperazine rings is 1. The van der Waals surface area contributed by atoms with Crippen LogP contribution < -0.4 is 9.80 Å². The van der Waals surface area contributed by atoms with E-state index in [1.54, 1.807) is 4.52 Å². The van der Waals surface area contributed by atoms with Gasteiger partial charge in [0.15, 0.2) is 5.82 Å². The van der Waals surface area contributed by atoms with Gasteiger partial charge in [0, 0.05) is 31.9 Å². The Hall–Kier alpha value is -3.22. The van der Waals surface area contributed by atoms with Crippen LogP contribution in [0.15, 0.2) is 48.5 Å². The Morgan fingerprint density at radius 3 is 2.46 bits per heavy atom. The summed E-state index contributed by atoms with van der Waals surface area (Å²) >= 11 is 0. The number of rotatable bonds is 2. The number of para-hydroxylation sites is 1. The molecule has 0 spiro atoms. The molecule has 3 heterocycles. The maximum absolute atomic E-state index is 4.88. The van der Waals surface area contributed by atoms with Crippen LogP contribution in [0.2, 0.25) is 0 Å². The van der Waals surface area contributed by atoms with Crippen molar-refractivity contribution in [2.24, 2.45) is 0 Å². The summed E-state index contributed by atoms with van der Waals surface area (Å²) in [4.78, 5) is 9.57. The number of aromatic nitrogens is 5. The second-order valence-corrected chi connectivity index (χ2v) is 6.65. The normalized spacial score (nSPS) is 15.1. The first-order valence-electron chi connectivity index (χ1n) is 8.83. The van der Waals surface area contributed by atoms with Gasteiger partial charge in [-0.3, -0.25) is 0 Å². The molecule has 0 unspecified atom stereocenters. The summed E-state index contributed by atoms with van der Waals surface area (Å²) < 4.78 is 1.80. The van der Waals surface area contributed by atoms with Crippen molar-refractivity contribution in [1.29, 1.82) is 0 Å². The Labute approximate surface area is 150 Å². The van der Waals surface area contributed by atoms with Crippen LogP contribution in [0.3, 0.4) is 0 Å². The quantitative estimate of drug-likeness (QED) is 0.556. The monoisotopic (exact) mass is 345 g/mol. The summed E-state index contributed by atoms with van der Waals surface area (Å²) in [5, 5.41) is 12.3. The molecule has 0 N–H and O–H groups in total. The Morgan fingerprint density at radius 2 is 1.65 bits per heavy atom. The third-order valence-electron chi connectivity index (χ3n) is 4.96. The van der Waals surface area contributed by atoms with Crippen LogP contribution in [-0.4, -0.2) is 51.2 Å². The van der Waals surface area contributed by atoms with Crippen molar-refractivity contribution in [2.75, 3.05) is 36.0 Å². The van der Waals surface area contributed by atoms with Gasteiger partial charge in [-0.05, 0) is 47.2 Å². The molecule has 2 aromatic carbocycles. The summed E-state index contributed by atoms with van der Waals surface area (Å²) in [5.74, 6) is 0.860. The van der Waals surface area contributed by atoms with E-state index in [1.165, 1.54) is 11.3 Å². The average molecular weight is 345 g/mol. The molecular weight excluding hydrogens is 326 g/mol. The fourth-order valence-corrected chi connectivity index (χ4v) is 3.58. The molecule has 0 amide bonds. The Morgan fingerprint density at radius 1 is 0.885 bits per heavy atom. The van der Waals surface area contributed by atoms with Gasteiger partial charge < -0.3 is 9.80 Å². The van der Waals surface area contributed by atoms with Crippen LogP contribution in [0.4, 0.5) is 11.5 Å². The van der Waals surface area contributed by atoms with Gasteiger partial charge >= 0.3 is 0 Å². The van der Waals surface area contributed by atoms with E-state index in [-0.39, 0.29) is 0 Å². The molecule has 4 aromatic rings. The van der Waals surface area contributed by atoms with Crippen LogP contribution in [0.25, 0.3) is 16.7 Å². The highest BCUT2D eigenvalue weighted by Crippen LogP contribution is 2.25. The minimum Gasteiger partial charge on any atom is -0.368 e. The molecule has 1 aliphatic rings. The molecule has 0 bridgehead atoms. The highest BCUT2D eigenvalue weighted by molar-refractivity contribution is 5.83. The van der Waals surface area contributed by atoms with Gasteiger partial charge in [0.25, 0.3) is 0 Å². The topological polar surface area (TPSA) is 62.5 Å². The number of benzene rings is 2. The van der Waals surface area contributed by atoms with Crippen LogP contribution in [0.1, 0.15) is 5.56 Å². The zero-order valence-electron chi connectivity index (χ0n) is 14.6. The minimum atomic E-state index is 0.719. The molecule has 1 aliphatic heterocycles. The van der Waals surface area contributed by atoms with E-state index >= 15 is 0 Å². The van der Waals surface area contributed by atoms with Crippen LogP contribution in [0, 0.1) is 6.92 Å². The predicted molar refractivity (Wildman–Crippen MR) is 102 cm³/mol. The predicted octanol–water partition coefficient (Wildman–Crippen LogP) is 2.31. The van der Waals surface area contributed by atoms with E-state index in [9.17, 15) is 0 Å². The first-order chi connectivity index (χ1) is 12.8. The third-order valence-corrected chi connectivity index (χ3v) is 4.96. The van der Waals surface area contributed by atoms with E-state index in [0.29, 0.717) is 0 Å². The zero-order valence-corrected chi connectivity index (χ0v) is 14.6. The van der Waals surface area contributed by atoms with Gasteiger partial charge in [-0.15, -0.1) is 5.10 Å². The standard InChI is InChI=1S/C19H19N7/c1-14-7-8-16-17(13-14)26-19(21-22-23-26)18(20-16)25-11-9-24(10-12-25)15-5-3-2-4-6-15/h2-8,13H,9-12H2,1H3. The van der Waals surface area contributed by atoms with Crippen molar-refractivity contribution in [3.8, 4) is 0 Å². The Kier molecular flexibility index (Phi) is 3.44. The summed E-state index contributed by atoms with van der Waals surface area (Å²) in [5.41, 5.74) is 5.01. The number of fused-ring (bicyclic) bond motifs is 3. The molecule has 2 aromatic heterocycles. The van der Waals surface area contributed by atoms with E-state index in [4.69, 9.17) is 4.98 Å². The molecule has 0 aliphatic carbocycles. The van der Waals surface area contributed by atoms with Crippen molar-refractivity contribution in [3.63, 3.8) is 0 Å². The van der Waals surface area contributed by atoms with Crippen molar-refractivity contribution in [3.05, 3.63) is 54.1 Å². The average Bonchev–Trinajstić information content (AvgIpc) is 3.19. The van der Waals surface area contributed by atoms with Crippen molar-refractivity contribution >= 4 is 28.2 Å². The molecule has 7 heteroatoms. The molecular formula is C19H19N7. The molecule has 5 rings (SSSR count). The van der Waals surface area contributed by atoms with Gasteiger partial charge in [-0.25, -0.2) is 4.98 Å². The number of aryl methyl sites for hydroxylation is 1. The summed E-state index contributed by atoms with van der Waals surface area (Å²) in [6.07, 6.45) is 0. The second-order valence-electron chi connectivity index (χ2n) is 6.65. The van der Waals surface area contributed by atoms with Gasteiger partial charge in [0.05, 0.1) is 11.0 Å². The zero-order chi connectivity index (χ0) is 17.5. The van der Waals surface area contributed by atoms with E-state index in [0.717, 1.165) is 48.7 Å². The Balaban J connectivity index is 1.49. The van der Waals surface area contributed by atoms with Crippen LogP contribution in [0.5, 0.6) is 0 Å². The first-order valence-corrected chi connectivity index (χ1v) is 8.83. The minimum absolute atomic E-state index is 0.719. The summed E-state index contributed by atoms with van der Waals surface area (Å²) in [6.45, 7) is 5.74. The maximum Gasteiger partial charge on any atom is 0.222 e. The molecule has 1 saturated heterocycles. The number of nitrogens with zero attached hydrogens (tertiary/aromatic N) is 7. The van der Waals surface area contributed by atoms with E-state index in [2.05, 4.69) is 74.7 Å². The smallest absolute Gasteiger partial charge is 0.222 e. The van der Waals surface area contributed by atoms with Gasteiger partial charge in [0.2, 0.25) is 5.65 Å². The maximum atomic E-state index is 4.88. The molecule has 26 heavy (non-hydrogen) atoms. The molecule has 1 fully saturated rings. The third kappa shape index (κ3) is 2.44. The van der Waals surface area contributed by atoms with Crippen LogP contribution >= 0.6 is 0 Å². The fourth-order valence-electron chi connectivity index (χ4n) is 3.58. The lowest BCUT2D eigenvalue weighted by Gasteiger charge is -2.36. The Bertz CT molecular complexity index is 1070. The molecule has 0 saturated carbocycles.